The van der Waals surface area contributed by atoms with Crippen LogP contribution in [0.2, 0.25) is 0 Å². The van der Waals surface area contributed by atoms with Crippen LogP contribution in [0.1, 0.15) is 47.7 Å². The SMILES string of the molecule is CC(CC(=O)O)N(N1CCN(c2ccc(C#Cc3ccc4cccc(C(=O)NC5CC5)c4c3)cc2)CC1)S(=O)[O-]. The van der Waals surface area contributed by atoms with E-state index in [1.165, 1.54) is 0 Å². The summed E-state index contributed by atoms with van der Waals surface area (Å²) in [4.78, 5) is 25.9. The molecule has 1 saturated heterocycles. The molecule has 2 unspecified atom stereocenters. The van der Waals surface area contributed by atoms with Gasteiger partial charge in [0.2, 0.25) is 0 Å². The maximum atomic E-state index is 12.7. The third-order valence-corrected chi connectivity index (χ3v) is 8.05. The molecule has 3 aromatic carbocycles. The molecule has 0 radical (unpaired) electrons. The van der Waals surface area contributed by atoms with Gasteiger partial charge in [-0.25, -0.2) is 5.01 Å². The summed E-state index contributed by atoms with van der Waals surface area (Å²) in [6.07, 6.45) is 1.82. The second-order valence-electron chi connectivity index (χ2n) is 10.2. The quantitative estimate of drug-likeness (QED) is 0.322. The molecule has 1 amide bonds. The largest absolute Gasteiger partial charge is 0.759 e. The average Bonchev–Trinajstić information content (AvgIpc) is 3.75. The third-order valence-electron chi connectivity index (χ3n) is 7.16. The summed E-state index contributed by atoms with van der Waals surface area (Å²) in [7, 11) is 0. The number of aliphatic carboxylic acids is 1. The van der Waals surface area contributed by atoms with E-state index in [0.29, 0.717) is 37.8 Å². The number of hydrazine groups is 1. The molecule has 2 fully saturated rings. The average molecular weight is 560 g/mol. The number of carboxylic acids is 1. The van der Waals surface area contributed by atoms with Crippen LogP contribution in [0.5, 0.6) is 0 Å². The molecule has 1 aliphatic carbocycles. The van der Waals surface area contributed by atoms with E-state index in [2.05, 4.69) is 22.1 Å². The van der Waals surface area contributed by atoms with Crippen LogP contribution in [0.25, 0.3) is 10.8 Å². The molecule has 0 spiro atoms. The molecular formula is C30H31N4O5S-. The summed E-state index contributed by atoms with van der Waals surface area (Å²) in [5.41, 5.74) is 3.36. The molecule has 40 heavy (non-hydrogen) atoms. The minimum Gasteiger partial charge on any atom is -0.759 e. The van der Waals surface area contributed by atoms with Crippen molar-refractivity contribution >= 4 is 39.6 Å². The molecule has 2 atom stereocenters. The number of fused-ring (bicyclic) bond motifs is 1. The Morgan fingerprint density at radius 1 is 1.05 bits per heavy atom. The molecule has 9 nitrogen and oxygen atoms in total. The summed E-state index contributed by atoms with van der Waals surface area (Å²) >= 11 is -2.54. The molecule has 1 saturated carbocycles. The lowest BCUT2D eigenvalue weighted by atomic mass is 10.0. The molecule has 2 N–H and O–H groups in total. The lowest BCUT2D eigenvalue weighted by Crippen LogP contribution is -2.57. The number of carboxylic acid groups (broad SMARTS) is 1. The zero-order valence-corrected chi connectivity index (χ0v) is 23.0. The molecule has 0 bridgehead atoms. The number of carbonyl (C=O) groups excluding carboxylic acids is 1. The fraction of sp³-hybridized carbons (Fsp3) is 0.333. The lowest BCUT2D eigenvalue weighted by molar-refractivity contribution is -0.139. The maximum absolute atomic E-state index is 12.7. The first kappa shape index (κ1) is 27.8. The molecule has 5 rings (SSSR count). The van der Waals surface area contributed by atoms with Crippen LogP contribution >= 0.6 is 0 Å². The van der Waals surface area contributed by atoms with E-state index in [1.54, 1.807) is 11.9 Å². The standard InChI is InChI=1S/C30H32N4O5S/c1-21(19-29(35)36)34(40(38)39)33-17-15-32(16-18-33)26-13-8-22(9-14-26)5-6-23-7-10-24-3-2-4-27(28(24)20-23)30(37)31-25-11-12-25/h2-4,7-10,13-14,20-21,25H,11-12,15-19H2,1H3,(H,31,37)(H,35,36)(H,38,39)/p-1. The fourth-order valence-electron chi connectivity index (χ4n) is 4.94. The van der Waals surface area contributed by atoms with Crippen LogP contribution in [-0.4, -0.2) is 73.4 Å². The normalized spacial score (nSPS) is 17.2. The van der Waals surface area contributed by atoms with Gasteiger partial charge in [0.05, 0.1) is 6.42 Å². The predicted molar refractivity (Wildman–Crippen MR) is 153 cm³/mol. The smallest absolute Gasteiger partial charge is 0.305 e. The van der Waals surface area contributed by atoms with Crippen molar-refractivity contribution in [3.05, 3.63) is 77.4 Å². The Labute approximate surface area is 236 Å². The monoisotopic (exact) mass is 559 g/mol. The highest BCUT2D eigenvalue weighted by Crippen LogP contribution is 2.24. The number of carbonyl (C=O) groups is 2. The highest BCUT2D eigenvalue weighted by atomic mass is 32.2. The molecule has 0 aromatic heterocycles. The van der Waals surface area contributed by atoms with Gasteiger partial charge in [0.1, 0.15) is 0 Å². The Morgan fingerprint density at radius 2 is 1.73 bits per heavy atom. The van der Waals surface area contributed by atoms with Crippen LogP contribution in [0.4, 0.5) is 5.69 Å². The minimum atomic E-state index is -2.54. The van der Waals surface area contributed by atoms with E-state index < -0.39 is 23.3 Å². The topological polar surface area (TPSA) is 116 Å². The van der Waals surface area contributed by atoms with Crippen LogP contribution in [-0.2, 0) is 16.1 Å². The summed E-state index contributed by atoms with van der Waals surface area (Å²) in [5.74, 6) is 5.35. The zero-order valence-electron chi connectivity index (χ0n) is 22.2. The predicted octanol–water partition coefficient (Wildman–Crippen LogP) is 3.13. The lowest BCUT2D eigenvalue weighted by Gasteiger charge is -2.44. The van der Waals surface area contributed by atoms with Crippen molar-refractivity contribution in [1.82, 2.24) is 14.7 Å². The maximum Gasteiger partial charge on any atom is 0.305 e. The number of nitrogens with zero attached hydrogens (tertiary/aromatic N) is 3. The fourth-order valence-corrected chi connectivity index (χ4v) is 5.66. The van der Waals surface area contributed by atoms with E-state index in [9.17, 15) is 18.4 Å². The van der Waals surface area contributed by atoms with Crippen molar-refractivity contribution < 1.29 is 23.5 Å². The van der Waals surface area contributed by atoms with Gasteiger partial charge in [0, 0.05) is 71.9 Å². The van der Waals surface area contributed by atoms with Crippen LogP contribution in [0.15, 0.2) is 60.7 Å². The molecule has 1 aliphatic heterocycles. The Balaban J connectivity index is 1.23. The second kappa shape index (κ2) is 12.2. The van der Waals surface area contributed by atoms with Gasteiger partial charge in [-0.15, -0.1) is 0 Å². The summed E-state index contributed by atoms with van der Waals surface area (Å²) < 4.78 is 24.7. The van der Waals surface area contributed by atoms with Crippen molar-refractivity contribution in [2.45, 2.75) is 38.3 Å². The van der Waals surface area contributed by atoms with Gasteiger partial charge in [-0.3, -0.25) is 13.8 Å². The molecule has 1 heterocycles. The van der Waals surface area contributed by atoms with E-state index in [1.807, 2.05) is 60.7 Å². The number of hydrogen-bond donors (Lipinski definition) is 2. The Kier molecular flexibility index (Phi) is 8.47. The van der Waals surface area contributed by atoms with Crippen LogP contribution in [0, 0.1) is 11.8 Å². The van der Waals surface area contributed by atoms with Gasteiger partial charge in [-0.2, -0.15) is 4.41 Å². The van der Waals surface area contributed by atoms with Crippen molar-refractivity contribution in [2.24, 2.45) is 0 Å². The number of piperazine rings is 1. The Hall–Kier alpha value is -3.75. The molecule has 10 heteroatoms. The molecule has 3 aromatic rings. The van der Waals surface area contributed by atoms with E-state index in [0.717, 1.165) is 44.8 Å². The summed E-state index contributed by atoms with van der Waals surface area (Å²) in [6, 6.07) is 19.2. The second-order valence-corrected chi connectivity index (χ2v) is 11.0. The van der Waals surface area contributed by atoms with Crippen molar-refractivity contribution in [2.75, 3.05) is 31.1 Å². The number of amides is 1. The zero-order chi connectivity index (χ0) is 28.2. The summed E-state index contributed by atoms with van der Waals surface area (Å²) in [5, 5.41) is 15.7. The first-order valence-electron chi connectivity index (χ1n) is 13.3. The van der Waals surface area contributed by atoms with E-state index in [-0.39, 0.29) is 12.3 Å². The van der Waals surface area contributed by atoms with Gasteiger partial charge in [-0.05, 0) is 73.0 Å². The highest BCUT2D eigenvalue weighted by Gasteiger charge is 2.28. The third kappa shape index (κ3) is 6.69. The van der Waals surface area contributed by atoms with Crippen LogP contribution in [0.3, 0.4) is 0 Å². The first-order valence-corrected chi connectivity index (χ1v) is 14.4. The van der Waals surface area contributed by atoms with E-state index in [4.69, 9.17) is 5.11 Å². The number of nitrogens with one attached hydrogen (secondary N) is 1. The van der Waals surface area contributed by atoms with Crippen molar-refractivity contribution in [1.29, 1.82) is 0 Å². The van der Waals surface area contributed by atoms with Crippen molar-refractivity contribution in [3.8, 4) is 11.8 Å². The number of anilines is 1. The van der Waals surface area contributed by atoms with Crippen molar-refractivity contribution in [3.63, 3.8) is 0 Å². The van der Waals surface area contributed by atoms with E-state index >= 15 is 0 Å². The molecule has 208 valence electrons. The van der Waals surface area contributed by atoms with Gasteiger partial charge in [-0.1, -0.05) is 30.0 Å². The number of rotatable bonds is 8. The molecular weight excluding hydrogens is 528 g/mol. The van der Waals surface area contributed by atoms with Gasteiger partial charge in [0.15, 0.2) is 0 Å². The summed E-state index contributed by atoms with van der Waals surface area (Å²) in [6.45, 7) is 3.72. The van der Waals surface area contributed by atoms with Crippen LogP contribution < -0.4 is 10.2 Å². The highest BCUT2D eigenvalue weighted by molar-refractivity contribution is 7.76. The number of benzene rings is 3. The van der Waals surface area contributed by atoms with Gasteiger partial charge < -0.3 is 19.9 Å². The van der Waals surface area contributed by atoms with Gasteiger partial charge in [0.25, 0.3) is 5.91 Å². The first-order chi connectivity index (χ1) is 19.3. The van der Waals surface area contributed by atoms with Gasteiger partial charge >= 0.3 is 5.97 Å². The Morgan fingerprint density at radius 3 is 2.38 bits per heavy atom. The number of hydrogen-bond acceptors (Lipinski definition) is 6. The Bertz CT molecular complexity index is 1490. The molecule has 2 aliphatic rings. The minimum absolute atomic E-state index is 0.0431.